The minimum absolute atomic E-state index is 0.0255. The summed E-state index contributed by atoms with van der Waals surface area (Å²) in [4.78, 5) is 0. The van der Waals surface area contributed by atoms with Crippen molar-refractivity contribution in [3.63, 3.8) is 0 Å². The molecule has 0 bridgehead atoms. The predicted molar refractivity (Wildman–Crippen MR) is 71.0 cm³/mol. The Morgan fingerprint density at radius 2 is 1.56 bits per heavy atom. The van der Waals surface area contributed by atoms with Crippen LogP contribution >= 0.6 is 0 Å². The molecule has 0 heterocycles. The highest BCUT2D eigenvalue weighted by atomic mass is 16.3. The monoisotopic (exact) mass is 256 g/mol. The second-order valence-electron chi connectivity index (χ2n) is 7.33. The third-order valence-corrected chi connectivity index (χ3v) is 5.56. The lowest BCUT2D eigenvalue weighted by Crippen LogP contribution is -2.60. The summed E-state index contributed by atoms with van der Waals surface area (Å²) in [5, 5.41) is 31.4. The van der Waals surface area contributed by atoms with Gasteiger partial charge in [0.25, 0.3) is 0 Å². The van der Waals surface area contributed by atoms with Crippen LogP contribution in [0.4, 0.5) is 0 Å². The number of fused-ring (bicyclic) bond motifs is 1. The Hall–Kier alpha value is -0.120. The molecule has 18 heavy (non-hydrogen) atoms. The zero-order chi connectivity index (χ0) is 13.7. The van der Waals surface area contributed by atoms with Crippen molar-refractivity contribution in [3.05, 3.63) is 0 Å². The summed E-state index contributed by atoms with van der Waals surface area (Å²) in [7, 11) is 0. The van der Waals surface area contributed by atoms with Crippen LogP contribution in [0.15, 0.2) is 0 Å². The fourth-order valence-electron chi connectivity index (χ4n) is 4.30. The van der Waals surface area contributed by atoms with E-state index in [2.05, 4.69) is 13.8 Å². The Morgan fingerprint density at radius 1 is 1.00 bits per heavy atom. The molecule has 2 fully saturated rings. The predicted octanol–water partition coefficient (Wildman–Crippen LogP) is 1.94. The van der Waals surface area contributed by atoms with Crippen molar-refractivity contribution >= 4 is 0 Å². The first kappa shape index (κ1) is 14.3. The summed E-state index contributed by atoms with van der Waals surface area (Å²) in [6.07, 6.45) is 2.43. The molecule has 0 unspecified atom stereocenters. The van der Waals surface area contributed by atoms with Crippen LogP contribution in [0.2, 0.25) is 0 Å². The topological polar surface area (TPSA) is 60.7 Å². The second-order valence-corrected chi connectivity index (χ2v) is 7.33. The van der Waals surface area contributed by atoms with Crippen LogP contribution in [0.3, 0.4) is 0 Å². The van der Waals surface area contributed by atoms with Crippen molar-refractivity contribution in [3.8, 4) is 0 Å². The van der Waals surface area contributed by atoms with Gasteiger partial charge in [-0.25, -0.2) is 0 Å². The molecular formula is C15H28O3. The summed E-state index contributed by atoms with van der Waals surface area (Å²) < 4.78 is 0. The number of aliphatic hydroxyl groups excluding tert-OH is 1. The molecule has 3 N–H and O–H groups in total. The first-order valence-electron chi connectivity index (χ1n) is 7.29. The molecule has 0 aromatic rings. The Balaban J connectivity index is 2.32. The maximum Gasteiger partial charge on any atom is 0.0880 e. The summed E-state index contributed by atoms with van der Waals surface area (Å²) in [6, 6.07) is 0. The molecule has 2 aliphatic carbocycles. The third-order valence-electron chi connectivity index (χ3n) is 5.56. The summed E-state index contributed by atoms with van der Waals surface area (Å²) in [5.74, 6) is 1.03. The zero-order valence-electron chi connectivity index (χ0n) is 12.1. The molecule has 0 saturated heterocycles. The van der Waals surface area contributed by atoms with E-state index >= 15 is 0 Å². The number of hydrogen-bond donors (Lipinski definition) is 3. The average Bonchev–Trinajstić information content (AvgIpc) is 2.23. The quantitative estimate of drug-likeness (QED) is 0.672. The Labute approximate surface area is 110 Å². The highest BCUT2D eigenvalue weighted by Crippen LogP contribution is 2.52. The van der Waals surface area contributed by atoms with E-state index in [-0.39, 0.29) is 11.8 Å². The highest BCUT2D eigenvalue weighted by Gasteiger charge is 2.55. The van der Waals surface area contributed by atoms with Gasteiger partial charge in [0.05, 0.1) is 17.3 Å². The normalized spacial score (nSPS) is 53.3. The Kier molecular flexibility index (Phi) is 3.54. The fourth-order valence-corrected chi connectivity index (χ4v) is 4.30. The number of rotatable bonds is 1. The lowest BCUT2D eigenvalue weighted by atomic mass is 9.54. The first-order valence-corrected chi connectivity index (χ1v) is 7.29. The summed E-state index contributed by atoms with van der Waals surface area (Å²) in [5.41, 5.74) is -1.69. The van der Waals surface area contributed by atoms with Crippen molar-refractivity contribution in [2.45, 2.75) is 70.7 Å². The SMILES string of the molecule is CC(C)[C@@H]1CC[C@](C)(O)[C@H]2CC[C@](C)(O)[C@H](O)[C@@H]12. The molecular weight excluding hydrogens is 228 g/mol. The van der Waals surface area contributed by atoms with Gasteiger partial charge in [0.1, 0.15) is 0 Å². The van der Waals surface area contributed by atoms with Gasteiger partial charge < -0.3 is 15.3 Å². The Bertz CT molecular complexity index is 307. The molecule has 0 radical (unpaired) electrons. The van der Waals surface area contributed by atoms with Crippen LogP contribution in [0.5, 0.6) is 0 Å². The standard InChI is InChI=1S/C15H28O3/c1-9(2)10-5-7-14(3,17)11-6-8-15(4,18)13(16)12(10)11/h9-13,16-18H,5-8H2,1-4H3/t10-,11-,12-,13+,14-,15-/m0/s1. The van der Waals surface area contributed by atoms with Gasteiger partial charge >= 0.3 is 0 Å². The maximum atomic E-state index is 10.6. The Morgan fingerprint density at radius 3 is 2.11 bits per heavy atom. The van der Waals surface area contributed by atoms with Crippen molar-refractivity contribution in [1.29, 1.82) is 0 Å². The molecule has 106 valence electrons. The van der Waals surface area contributed by atoms with Crippen LogP contribution in [-0.4, -0.2) is 32.6 Å². The number of aliphatic hydroxyl groups is 3. The molecule has 0 spiro atoms. The van der Waals surface area contributed by atoms with Gasteiger partial charge in [-0.05, 0) is 63.2 Å². The van der Waals surface area contributed by atoms with E-state index in [0.29, 0.717) is 18.3 Å². The molecule has 6 atom stereocenters. The first-order chi connectivity index (χ1) is 8.17. The molecule has 0 amide bonds. The van der Waals surface area contributed by atoms with Gasteiger partial charge in [-0.15, -0.1) is 0 Å². The molecule has 2 aliphatic rings. The zero-order valence-corrected chi connectivity index (χ0v) is 12.1. The number of hydrogen-bond acceptors (Lipinski definition) is 3. The van der Waals surface area contributed by atoms with E-state index in [1.54, 1.807) is 6.92 Å². The highest BCUT2D eigenvalue weighted by molar-refractivity contribution is 5.05. The molecule has 0 aliphatic heterocycles. The average molecular weight is 256 g/mol. The maximum absolute atomic E-state index is 10.6. The molecule has 0 aromatic carbocycles. The van der Waals surface area contributed by atoms with Crippen LogP contribution in [-0.2, 0) is 0 Å². The van der Waals surface area contributed by atoms with E-state index in [4.69, 9.17) is 0 Å². The van der Waals surface area contributed by atoms with Crippen molar-refractivity contribution in [1.82, 2.24) is 0 Å². The van der Waals surface area contributed by atoms with Crippen LogP contribution in [0, 0.1) is 23.7 Å². The van der Waals surface area contributed by atoms with E-state index in [0.717, 1.165) is 19.3 Å². The smallest absolute Gasteiger partial charge is 0.0880 e. The molecule has 2 saturated carbocycles. The van der Waals surface area contributed by atoms with Gasteiger partial charge in [-0.1, -0.05) is 13.8 Å². The minimum Gasteiger partial charge on any atom is -0.390 e. The van der Waals surface area contributed by atoms with E-state index in [1.807, 2.05) is 6.92 Å². The summed E-state index contributed by atoms with van der Waals surface area (Å²) >= 11 is 0. The van der Waals surface area contributed by atoms with Gasteiger partial charge in [0.2, 0.25) is 0 Å². The van der Waals surface area contributed by atoms with Crippen molar-refractivity contribution in [2.24, 2.45) is 23.7 Å². The van der Waals surface area contributed by atoms with Crippen molar-refractivity contribution < 1.29 is 15.3 Å². The van der Waals surface area contributed by atoms with Gasteiger partial charge in [-0.3, -0.25) is 0 Å². The van der Waals surface area contributed by atoms with E-state index < -0.39 is 17.3 Å². The van der Waals surface area contributed by atoms with Crippen molar-refractivity contribution in [2.75, 3.05) is 0 Å². The lowest BCUT2D eigenvalue weighted by Gasteiger charge is -2.55. The van der Waals surface area contributed by atoms with Crippen LogP contribution < -0.4 is 0 Å². The molecule has 3 nitrogen and oxygen atoms in total. The largest absolute Gasteiger partial charge is 0.390 e. The second kappa shape index (κ2) is 4.46. The fraction of sp³-hybridized carbons (Fsp3) is 1.00. The van der Waals surface area contributed by atoms with Gasteiger partial charge in [0, 0.05) is 0 Å². The molecule has 2 rings (SSSR count). The van der Waals surface area contributed by atoms with Crippen LogP contribution in [0.1, 0.15) is 53.4 Å². The molecule has 3 heteroatoms. The lowest BCUT2D eigenvalue weighted by molar-refractivity contribution is -0.201. The third kappa shape index (κ3) is 2.21. The van der Waals surface area contributed by atoms with Gasteiger partial charge in [0.15, 0.2) is 0 Å². The van der Waals surface area contributed by atoms with Crippen LogP contribution in [0.25, 0.3) is 0 Å². The minimum atomic E-state index is -0.998. The van der Waals surface area contributed by atoms with E-state index in [9.17, 15) is 15.3 Å². The van der Waals surface area contributed by atoms with E-state index in [1.165, 1.54) is 0 Å². The summed E-state index contributed by atoms with van der Waals surface area (Å²) in [6.45, 7) is 7.98. The molecule has 0 aromatic heterocycles. The van der Waals surface area contributed by atoms with Gasteiger partial charge in [-0.2, -0.15) is 0 Å².